The molecule has 1 atom stereocenters. The van der Waals surface area contributed by atoms with Crippen LogP contribution in [0.15, 0.2) is 34.9 Å². The molecule has 1 unspecified atom stereocenters. The van der Waals surface area contributed by atoms with E-state index in [1.807, 2.05) is 35.2 Å². The van der Waals surface area contributed by atoms with E-state index in [-0.39, 0.29) is 12.4 Å². The second-order valence-electron chi connectivity index (χ2n) is 4.85. The van der Waals surface area contributed by atoms with Gasteiger partial charge in [0.2, 0.25) is 0 Å². The molecule has 1 aliphatic heterocycles. The van der Waals surface area contributed by atoms with Gasteiger partial charge in [0.1, 0.15) is 6.04 Å². The highest BCUT2D eigenvalue weighted by Gasteiger charge is 2.31. The van der Waals surface area contributed by atoms with Crippen LogP contribution in [-0.2, 0) is 11.3 Å². The fourth-order valence-electron chi connectivity index (χ4n) is 2.49. The summed E-state index contributed by atoms with van der Waals surface area (Å²) >= 11 is 0. The number of rotatable bonds is 4. The Bertz CT molecular complexity index is 603. The van der Waals surface area contributed by atoms with Gasteiger partial charge in [-0.25, -0.2) is 0 Å². The van der Waals surface area contributed by atoms with Crippen molar-refractivity contribution in [3.8, 4) is 11.5 Å². The first-order chi connectivity index (χ1) is 9.74. The molecule has 3 rings (SSSR count). The van der Waals surface area contributed by atoms with Crippen LogP contribution in [0.25, 0.3) is 11.5 Å². The van der Waals surface area contributed by atoms with E-state index in [1.54, 1.807) is 0 Å². The number of likely N-dealkylation sites (tertiary alicyclic amines) is 1. The number of hydrogen-bond donors (Lipinski definition) is 1. The Morgan fingerprint density at radius 3 is 2.86 bits per heavy atom. The molecule has 0 amide bonds. The van der Waals surface area contributed by atoms with Crippen LogP contribution >= 0.6 is 12.4 Å². The number of carboxylic acids is 1. The Balaban J connectivity index is 0.00000161. The number of aliphatic carboxylic acids is 1. The second-order valence-corrected chi connectivity index (χ2v) is 4.85. The maximum atomic E-state index is 11.1. The zero-order valence-electron chi connectivity index (χ0n) is 11.3. The van der Waals surface area contributed by atoms with Gasteiger partial charge in [-0.05, 0) is 31.5 Å². The van der Waals surface area contributed by atoms with Crippen molar-refractivity contribution in [2.24, 2.45) is 0 Å². The van der Waals surface area contributed by atoms with Crippen LogP contribution in [-0.4, -0.2) is 38.7 Å². The normalized spacial score (nSPS) is 18.4. The van der Waals surface area contributed by atoms with Crippen LogP contribution < -0.4 is 0 Å². The van der Waals surface area contributed by atoms with E-state index >= 15 is 0 Å². The number of nitrogens with zero attached hydrogens (tertiary/aromatic N) is 3. The smallest absolute Gasteiger partial charge is 0.320 e. The van der Waals surface area contributed by atoms with Crippen molar-refractivity contribution < 1.29 is 14.4 Å². The molecule has 1 aliphatic rings. The number of benzene rings is 1. The van der Waals surface area contributed by atoms with Crippen LogP contribution in [0.4, 0.5) is 0 Å². The first-order valence-electron chi connectivity index (χ1n) is 6.59. The van der Waals surface area contributed by atoms with Gasteiger partial charge in [0.15, 0.2) is 5.82 Å². The Hall–Kier alpha value is -1.92. The van der Waals surface area contributed by atoms with Crippen molar-refractivity contribution in [3.63, 3.8) is 0 Å². The van der Waals surface area contributed by atoms with Crippen molar-refractivity contribution in [2.45, 2.75) is 25.4 Å². The molecule has 21 heavy (non-hydrogen) atoms. The quantitative estimate of drug-likeness (QED) is 0.932. The van der Waals surface area contributed by atoms with Gasteiger partial charge < -0.3 is 9.63 Å². The molecule has 2 heterocycles. The average Bonchev–Trinajstić information content (AvgIpc) is 3.09. The number of halogens is 1. The van der Waals surface area contributed by atoms with Crippen LogP contribution in [0.1, 0.15) is 18.7 Å². The number of carboxylic acid groups (broad SMARTS) is 1. The minimum atomic E-state index is -0.783. The Labute approximate surface area is 128 Å². The zero-order valence-corrected chi connectivity index (χ0v) is 12.1. The van der Waals surface area contributed by atoms with Crippen molar-refractivity contribution in [1.82, 2.24) is 15.0 Å². The van der Waals surface area contributed by atoms with Gasteiger partial charge in [0.05, 0.1) is 6.54 Å². The topological polar surface area (TPSA) is 79.5 Å². The predicted octanol–water partition coefficient (Wildman–Crippen LogP) is 2.21. The molecule has 2 aromatic rings. The molecule has 6 nitrogen and oxygen atoms in total. The van der Waals surface area contributed by atoms with Gasteiger partial charge in [-0.1, -0.05) is 23.4 Å². The SMILES string of the molecule is Cl.O=C(O)C1CCCN1Cc1noc(-c2ccccc2)n1. The van der Waals surface area contributed by atoms with Crippen LogP contribution in [0.2, 0.25) is 0 Å². The summed E-state index contributed by atoms with van der Waals surface area (Å²) in [7, 11) is 0. The van der Waals surface area contributed by atoms with E-state index in [9.17, 15) is 4.79 Å². The molecular weight excluding hydrogens is 294 g/mol. The van der Waals surface area contributed by atoms with Crippen molar-refractivity contribution >= 4 is 18.4 Å². The van der Waals surface area contributed by atoms with Gasteiger partial charge in [-0.15, -0.1) is 12.4 Å². The molecule has 0 aliphatic carbocycles. The van der Waals surface area contributed by atoms with Gasteiger partial charge in [0, 0.05) is 5.56 Å². The molecule has 0 radical (unpaired) electrons. The summed E-state index contributed by atoms with van der Waals surface area (Å²) in [6.07, 6.45) is 1.57. The molecule has 0 spiro atoms. The van der Waals surface area contributed by atoms with Gasteiger partial charge >= 0.3 is 5.97 Å². The van der Waals surface area contributed by atoms with E-state index < -0.39 is 12.0 Å². The number of aromatic nitrogens is 2. The van der Waals surface area contributed by atoms with Crippen LogP contribution in [0, 0.1) is 0 Å². The lowest BCUT2D eigenvalue weighted by molar-refractivity contribution is -0.142. The van der Waals surface area contributed by atoms with Crippen molar-refractivity contribution in [2.75, 3.05) is 6.54 Å². The third-order valence-corrected chi connectivity index (χ3v) is 3.48. The summed E-state index contributed by atoms with van der Waals surface area (Å²) in [6, 6.07) is 9.08. The third-order valence-electron chi connectivity index (χ3n) is 3.48. The van der Waals surface area contributed by atoms with Crippen LogP contribution in [0.5, 0.6) is 0 Å². The lowest BCUT2D eigenvalue weighted by Crippen LogP contribution is -2.35. The summed E-state index contributed by atoms with van der Waals surface area (Å²) in [5, 5.41) is 13.1. The molecule has 1 aromatic carbocycles. The molecule has 1 aromatic heterocycles. The van der Waals surface area contributed by atoms with E-state index in [4.69, 9.17) is 9.63 Å². The van der Waals surface area contributed by atoms with Crippen LogP contribution in [0.3, 0.4) is 0 Å². The molecule has 112 valence electrons. The maximum absolute atomic E-state index is 11.1. The Morgan fingerprint density at radius 1 is 1.38 bits per heavy atom. The highest BCUT2D eigenvalue weighted by Crippen LogP contribution is 2.21. The summed E-state index contributed by atoms with van der Waals surface area (Å²) in [4.78, 5) is 17.3. The molecule has 1 fully saturated rings. The van der Waals surface area contributed by atoms with Gasteiger partial charge in [-0.3, -0.25) is 9.69 Å². The third kappa shape index (κ3) is 3.40. The van der Waals surface area contributed by atoms with Gasteiger partial charge in [0.25, 0.3) is 5.89 Å². The fraction of sp³-hybridized carbons (Fsp3) is 0.357. The second kappa shape index (κ2) is 6.69. The lowest BCUT2D eigenvalue weighted by Gasteiger charge is -2.18. The monoisotopic (exact) mass is 309 g/mol. The minimum absolute atomic E-state index is 0. The molecule has 1 saturated heterocycles. The fourth-order valence-corrected chi connectivity index (χ4v) is 2.49. The number of carbonyl (C=O) groups is 1. The summed E-state index contributed by atoms with van der Waals surface area (Å²) in [6.45, 7) is 1.17. The zero-order chi connectivity index (χ0) is 13.9. The van der Waals surface area contributed by atoms with Crippen molar-refractivity contribution in [1.29, 1.82) is 0 Å². The lowest BCUT2D eigenvalue weighted by atomic mass is 10.2. The molecule has 7 heteroatoms. The average molecular weight is 310 g/mol. The molecular formula is C14H16ClN3O3. The summed E-state index contributed by atoms with van der Waals surface area (Å²) < 4.78 is 5.22. The van der Waals surface area contributed by atoms with E-state index in [0.29, 0.717) is 24.7 Å². The number of hydrogen-bond acceptors (Lipinski definition) is 5. The first-order valence-corrected chi connectivity index (χ1v) is 6.59. The summed E-state index contributed by atoms with van der Waals surface area (Å²) in [5.41, 5.74) is 0.863. The first kappa shape index (κ1) is 15.5. The molecule has 1 N–H and O–H groups in total. The van der Waals surface area contributed by atoms with Crippen molar-refractivity contribution in [3.05, 3.63) is 36.2 Å². The molecule has 0 bridgehead atoms. The predicted molar refractivity (Wildman–Crippen MR) is 78.0 cm³/mol. The Morgan fingerprint density at radius 2 is 2.14 bits per heavy atom. The maximum Gasteiger partial charge on any atom is 0.320 e. The standard InChI is InChI=1S/C14H15N3O3.ClH/c18-14(19)11-7-4-8-17(11)9-12-15-13(20-16-12)10-5-2-1-3-6-10;/h1-3,5-6,11H,4,7-9H2,(H,18,19);1H. The van der Waals surface area contributed by atoms with E-state index in [2.05, 4.69) is 10.1 Å². The highest BCUT2D eigenvalue weighted by molar-refractivity contribution is 5.85. The summed E-state index contributed by atoms with van der Waals surface area (Å²) in [5.74, 6) is 0.206. The minimum Gasteiger partial charge on any atom is -0.480 e. The highest BCUT2D eigenvalue weighted by atomic mass is 35.5. The molecule has 0 saturated carbocycles. The van der Waals surface area contributed by atoms with Gasteiger partial charge in [-0.2, -0.15) is 4.98 Å². The largest absolute Gasteiger partial charge is 0.480 e. The van der Waals surface area contributed by atoms with E-state index in [1.165, 1.54) is 0 Å². The Kier molecular flexibility index (Phi) is 4.93. The van der Waals surface area contributed by atoms with E-state index in [0.717, 1.165) is 18.5 Å².